The number of nitrogens with one attached hydrogen (secondary N) is 1. The highest BCUT2D eigenvalue weighted by Crippen LogP contribution is 2.25. The summed E-state index contributed by atoms with van der Waals surface area (Å²) in [6.45, 7) is 0. The average molecular weight is 420 g/mol. The molecule has 0 aliphatic heterocycles. The van der Waals surface area contributed by atoms with Crippen molar-refractivity contribution in [3.05, 3.63) is 93.6 Å². The molecule has 0 fully saturated rings. The number of hydrogen-bond donors (Lipinski definition) is 1. The summed E-state index contributed by atoms with van der Waals surface area (Å²) in [6, 6.07) is 20.8. The number of hydrogen-bond acceptors (Lipinski definition) is 4. The summed E-state index contributed by atoms with van der Waals surface area (Å²) in [5.41, 5.74) is 2.41. The molecule has 4 rings (SSSR count). The van der Waals surface area contributed by atoms with Crippen molar-refractivity contribution < 1.29 is 13.9 Å². The standard InChI is InChI=1S/C24H18ClNO4/c1-29-19-9-2-15(3-10-19)12-24(28)26-18-8-11-22-20(13-18)21(27)14-23(30-22)16-4-6-17(25)7-5-16/h2-11,13-14H,12H2,1H3,(H,26,28). The Labute approximate surface area is 177 Å². The van der Waals surface area contributed by atoms with Gasteiger partial charge in [0, 0.05) is 22.3 Å². The van der Waals surface area contributed by atoms with Gasteiger partial charge in [0.2, 0.25) is 5.91 Å². The maximum Gasteiger partial charge on any atom is 0.228 e. The zero-order valence-electron chi connectivity index (χ0n) is 16.1. The minimum absolute atomic E-state index is 0.179. The van der Waals surface area contributed by atoms with E-state index in [-0.39, 0.29) is 17.8 Å². The SMILES string of the molecule is COc1ccc(CC(=O)Nc2ccc3oc(-c4ccc(Cl)cc4)cc(=O)c3c2)cc1. The predicted molar refractivity (Wildman–Crippen MR) is 118 cm³/mol. The number of fused-ring (bicyclic) bond motifs is 1. The van der Waals surface area contributed by atoms with Gasteiger partial charge in [-0.2, -0.15) is 0 Å². The topological polar surface area (TPSA) is 68.5 Å². The Balaban J connectivity index is 1.54. The lowest BCUT2D eigenvalue weighted by molar-refractivity contribution is -0.115. The summed E-state index contributed by atoms with van der Waals surface area (Å²) < 4.78 is 11.0. The molecule has 150 valence electrons. The van der Waals surface area contributed by atoms with Gasteiger partial charge in [-0.25, -0.2) is 0 Å². The lowest BCUT2D eigenvalue weighted by atomic mass is 10.1. The van der Waals surface area contributed by atoms with E-state index in [0.29, 0.717) is 27.4 Å². The Hall–Kier alpha value is -3.57. The number of rotatable bonds is 5. The number of amides is 1. The number of halogens is 1. The van der Waals surface area contributed by atoms with Crippen molar-refractivity contribution in [3.63, 3.8) is 0 Å². The van der Waals surface area contributed by atoms with Crippen LogP contribution in [0.15, 0.2) is 82.0 Å². The first-order chi connectivity index (χ1) is 14.5. The first kappa shape index (κ1) is 19.7. The molecular weight excluding hydrogens is 402 g/mol. The Morgan fingerprint density at radius 2 is 1.73 bits per heavy atom. The van der Waals surface area contributed by atoms with Crippen LogP contribution in [-0.4, -0.2) is 13.0 Å². The predicted octanol–water partition coefficient (Wildman–Crippen LogP) is 5.30. The summed E-state index contributed by atoms with van der Waals surface area (Å²) >= 11 is 5.92. The van der Waals surface area contributed by atoms with Crippen molar-refractivity contribution >= 4 is 34.2 Å². The van der Waals surface area contributed by atoms with E-state index in [1.54, 1.807) is 49.6 Å². The molecule has 4 aromatic rings. The van der Waals surface area contributed by atoms with Crippen molar-refractivity contribution in [3.8, 4) is 17.1 Å². The molecule has 0 radical (unpaired) electrons. The molecule has 0 saturated heterocycles. The fourth-order valence-corrected chi connectivity index (χ4v) is 3.25. The van der Waals surface area contributed by atoms with Gasteiger partial charge in [-0.05, 0) is 60.2 Å². The zero-order valence-corrected chi connectivity index (χ0v) is 16.9. The number of anilines is 1. The fourth-order valence-electron chi connectivity index (χ4n) is 3.12. The van der Waals surface area contributed by atoms with E-state index in [4.69, 9.17) is 20.8 Å². The summed E-state index contributed by atoms with van der Waals surface area (Å²) in [6.07, 6.45) is 0.214. The largest absolute Gasteiger partial charge is 0.497 e. The van der Waals surface area contributed by atoms with Gasteiger partial charge in [-0.3, -0.25) is 9.59 Å². The molecule has 1 amide bonds. The summed E-state index contributed by atoms with van der Waals surface area (Å²) in [7, 11) is 1.59. The summed E-state index contributed by atoms with van der Waals surface area (Å²) in [5.74, 6) is 1.01. The van der Waals surface area contributed by atoms with Crippen LogP contribution in [0.5, 0.6) is 5.75 Å². The van der Waals surface area contributed by atoms with Gasteiger partial charge in [0.1, 0.15) is 17.1 Å². The zero-order chi connectivity index (χ0) is 21.1. The third-order valence-corrected chi connectivity index (χ3v) is 4.92. The van der Waals surface area contributed by atoms with Gasteiger partial charge < -0.3 is 14.5 Å². The molecule has 0 atom stereocenters. The third-order valence-electron chi connectivity index (χ3n) is 4.66. The summed E-state index contributed by atoms with van der Waals surface area (Å²) in [4.78, 5) is 25.0. The van der Waals surface area contributed by atoms with Crippen molar-refractivity contribution in [2.24, 2.45) is 0 Å². The maximum atomic E-state index is 12.6. The lowest BCUT2D eigenvalue weighted by Gasteiger charge is -2.08. The molecule has 0 aliphatic rings. The van der Waals surface area contributed by atoms with E-state index >= 15 is 0 Å². The number of benzene rings is 3. The molecular formula is C24H18ClNO4. The second kappa shape index (κ2) is 8.43. The molecule has 0 saturated carbocycles. The normalized spacial score (nSPS) is 10.7. The van der Waals surface area contributed by atoms with Crippen LogP contribution in [-0.2, 0) is 11.2 Å². The van der Waals surface area contributed by atoms with E-state index in [1.165, 1.54) is 6.07 Å². The second-order valence-corrected chi connectivity index (χ2v) is 7.20. The molecule has 30 heavy (non-hydrogen) atoms. The Bertz CT molecular complexity index is 1260. The molecule has 6 heteroatoms. The van der Waals surface area contributed by atoms with E-state index < -0.39 is 0 Å². The minimum Gasteiger partial charge on any atom is -0.497 e. The van der Waals surface area contributed by atoms with Crippen molar-refractivity contribution in [1.29, 1.82) is 0 Å². The van der Waals surface area contributed by atoms with Crippen LogP contribution in [0.2, 0.25) is 5.02 Å². The van der Waals surface area contributed by atoms with Gasteiger partial charge >= 0.3 is 0 Å². The molecule has 0 unspecified atom stereocenters. The van der Waals surface area contributed by atoms with Gasteiger partial charge in [-0.15, -0.1) is 0 Å². The second-order valence-electron chi connectivity index (χ2n) is 6.77. The molecule has 5 nitrogen and oxygen atoms in total. The van der Waals surface area contributed by atoms with Gasteiger partial charge in [-0.1, -0.05) is 23.7 Å². The third kappa shape index (κ3) is 4.36. The Morgan fingerprint density at radius 3 is 2.43 bits per heavy atom. The summed E-state index contributed by atoms with van der Waals surface area (Å²) in [5, 5.41) is 3.83. The monoisotopic (exact) mass is 419 g/mol. The number of ether oxygens (including phenoxy) is 1. The molecule has 1 N–H and O–H groups in total. The van der Waals surface area contributed by atoms with Crippen LogP contribution in [0.25, 0.3) is 22.3 Å². The van der Waals surface area contributed by atoms with E-state index in [2.05, 4.69) is 5.32 Å². The first-order valence-corrected chi connectivity index (χ1v) is 9.66. The van der Waals surface area contributed by atoms with Crippen LogP contribution in [0.3, 0.4) is 0 Å². The molecule has 3 aromatic carbocycles. The molecule has 1 heterocycles. The van der Waals surface area contributed by atoms with Crippen LogP contribution in [0.4, 0.5) is 5.69 Å². The minimum atomic E-state index is -0.188. The van der Waals surface area contributed by atoms with Crippen molar-refractivity contribution in [1.82, 2.24) is 0 Å². The Kier molecular flexibility index (Phi) is 5.55. The highest BCUT2D eigenvalue weighted by molar-refractivity contribution is 6.30. The van der Waals surface area contributed by atoms with Crippen LogP contribution >= 0.6 is 11.6 Å². The number of carbonyl (C=O) groups is 1. The van der Waals surface area contributed by atoms with Crippen LogP contribution < -0.4 is 15.5 Å². The smallest absolute Gasteiger partial charge is 0.228 e. The average Bonchev–Trinajstić information content (AvgIpc) is 2.75. The van der Waals surface area contributed by atoms with Crippen LogP contribution in [0.1, 0.15) is 5.56 Å². The maximum absolute atomic E-state index is 12.6. The van der Waals surface area contributed by atoms with Gasteiger partial charge in [0.15, 0.2) is 5.43 Å². The fraction of sp³-hybridized carbons (Fsp3) is 0.0833. The van der Waals surface area contributed by atoms with E-state index in [1.807, 2.05) is 24.3 Å². The molecule has 0 aliphatic carbocycles. The number of carbonyl (C=O) groups excluding carboxylic acids is 1. The number of methoxy groups -OCH3 is 1. The Morgan fingerprint density at radius 1 is 1.00 bits per heavy atom. The molecule has 0 bridgehead atoms. The van der Waals surface area contributed by atoms with Crippen molar-refractivity contribution in [2.45, 2.75) is 6.42 Å². The lowest BCUT2D eigenvalue weighted by Crippen LogP contribution is -2.14. The highest BCUT2D eigenvalue weighted by atomic mass is 35.5. The molecule has 1 aromatic heterocycles. The van der Waals surface area contributed by atoms with Gasteiger partial charge in [0.25, 0.3) is 0 Å². The van der Waals surface area contributed by atoms with E-state index in [9.17, 15) is 9.59 Å². The molecule has 0 spiro atoms. The highest BCUT2D eigenvalue weighted by Gasteiger charge is 2.10. The van der Waals surface area contributed by atoms with E-state index in [0.717, 1.165) is 16.9 Å². The quantitative estimate of drug-likeness (QED) is 0.476. The first-order valence-electron chi connectivity index (χ1n) is 9.28. The van der Waals surface area contributed by atoms with Crippen molar-refractivity contribution in [2.75, 3.05) is 12.4 Å². The van der Waals surface area contributed by atoms with Crippen LogP contribution in [0, 0.1) is 0 Å². The van der Waals surface area contributed by atoms with Gasteiger partial charge in [0.05, 0.1) is 18.9 Å².